The van der Waals surface area contributed by atoms with Gasteiger partial charge in [-0.3, -0.25) is 4.79 Å². The Hall–Kier alpha value is -2.31. The number of nitrogens with zero attached hydrogens (tertiary/aromatic N) is 1. The molecule has 0 saturated carbocycles. The van der Waals surface area contributed by atoms with Gasteiger partial charge in [0, 0.05) is 0 Å². The van der Waals surface area contributed by atoms with Crippen LogP contribution in [0.25, 0.3) is 11.1 Å². The molecular weight excluding hydrogens is 249 g/mol. The molecule has 1 heterocycles. The second-order valence-electron chi connectivity index (χ2n) is 3.48. The first-order valence-corrected chi connectivity index (χ1v) is 4.85. The van der Waals surface area contributed by atoms with Crippen LogP contribution < -0.4 is 5.56 Å². The maximum Gasteiger partial charge on any atom is 0.449 e. The molecule has 0 saturated heterocycles. The van der Waals surface area contributed by atoms with E-state index in [2.05, 4.69) is 4.98 Å². The normalized spacial score (nSPS) is 11.5. The van der Waals surface area contributed by atoms with Crippen molar-refractivity contribution in [1.82, 2.24) is 9.97 Å². The van der Waals surface area contributed by atoms with E-state index in [1.807, 2.05) is 0 Å². The van der Waals surface area contributed by atoms with Crippen LogP contribution in [0.1, 0.15) is 5.82 Å². The number of aromatic nitrogens is 2. The lowest BCUT2D eigenvalue weighted by molar-refractivity contribution is -0.145. The summed E-state index contributed by atoms with van der Waals surface area (Å²) < 4.78 is 37.0. The molecule has 2 aromatic rings. The van der Waals surface area contributed by atoms with E-state index in [-0.39, 0.29) is 11.1 Å². The van der Waals surface area contributed by atoms with E-state index < -0.39 is 23.4 Å². The monoisotopic (exact) mass is 256 g/mol. The SMILES string of the molecule is O=c1[nH]c(C(F)(F)F)nc(O)c1-c1ccccc1. The number of halogens is 3. The lowest BCUT2D eigenvalue weighted by Crippen LogP contribution is -2.20. The van der Waals surface area contributed by atoms with Crippen LogP contribution in [-0.2, 0) is 6.18 Å². The standard InChI is InChI=1S/C11H7F3N2O2/c12-11(13,14)10-15-8(17)7(9(18)16-10)6-4-2-1-3-5-6/h1-5H,(H2,15,16,17,18). The molecule has 0 aliphatic rings. The van der Waals surface area contributed by atoms with Gasteiger partial charge in [-0.25, -0.2) is 0 Å². The molecule has 18 heavy (non-hydrogen) atoms. The predicted octanol–water partition coefficient (Wildman–Crippen LogP) is 2.16. The molecule has 7 heteroatoms. The summed E-state index contributed by atoms with van der Waals surface area (Å²) in [7, 11) is 0. The zero-order chi connectivity index (χ0) is 13.3. The molecule has 0 spiro atoms. The van der Waals surface area contributed by atoms with Gasteiger partial charge in [0.25, 0.3) is 5.56 Å². The van der Waals surface area contributed by atoms with E-state index in [1.165, 1.54) is 12.1 Å². The van der Waals surface area contributed by atoms with E-state index >= 15 is 0 Å². The van der Waals surface area contributed by atoms with Crippen LogP contribution in [0.4, 0.5) is 13.2 Å². The number of nitrogens with one attached hydrogen (secondary N) is 1. The molecule has 0 aliphatic heterocycles. The molecule has 0 fully saturated rings. The summed E-state index contributed by atoms with van der Waals surface area (Å²) in [5, 5.41) is 9.46. The number of benzene rings is 1. The highest BCUT2D eigenvalue weighted by atomic mass is 19.4. The first-order chi connectivity index (χ1) is 8.39. The molecule has 4 nitrogen and oxygen atoms in total. The minimum Gasteiger partial charge on any atom is -0.493 e. The second kappa shape index (κ2) is 4.17. The Bertz CT molecular complexity index is 620. The van der Waals surface area contributed by atoms with E-state index in [4.69, 9.17) is 0 Å². The van der Waals surface area contributed by atoms with E-state index in [1.54, 1.807) is 23.2 Å². The van der Waals surface area contributed by atoms with Crippen molar-refractivity contribution in [3.63, 3.8) is 0 Å². The fourth-order valence-corrected chi connectivity index (χ4v) is 1.46. The molecule has 0 aliphatic carbocycles. The van der Waals surface area contributed by atoms with Crippen LogP contribution in [0.5, 0.6) is 5.88 Å². The highest BCUT2D eigenvalue weighted by molar-refractivity contribution is 5.66. The first kappa shape index (κ1) is 12.2. The fraction of sp³-hybridized carbons (Fsp3) is 0.0909. The fourth-order valence-electron chi connectivity index (χ4n) is 1.46. The van der Waals surface area contributed by atoms with E-state index in [0.717, 1.165) is 0 Å². The van der Waals surface area contributed by atoms with Crippen molar-refractivity contribution in [1.29, 1.82) is 0 Å². The van der Waals surface area contributed by atoms with Gasteiger partial charge in [-0.05, 0) is 5.56 Å². The Morgan fingerprint density at radius 3 is 2.28 bits per heavy atom. The Morgan fingerprint density at radius 2 is 1.78 bits per heavy atom. The van der Waals surface area contributed by atoms with Crippen molar-refractivity contribution >= 4 is 0 Å². The number of H-pyrrole nitrogens is 1. The third kappa shape index (κ3) is 2.20. The van der Waals surface area contributed by atoms with Crippen LogP contribution >= 0.6 is 0 Å². The summed E-state index contributed by atoms with van der Waals surface area (Å²) in [6.45, 7) is 0. The molecule has 0 bridgehead atoms. The summed E-state index contributed by atoms with van der Waals surface area (Å²) in [5.74, 6) is -2.47. The second-order valence-corrected chi connectivity index (χ2v) is 3.48. The predicted molar refractivity (Wildman–Crippen MR) is 57.0 cm³/mol. The van der Waals surface area contributed by atoms with Gasteiger partial charge in [0.1, 0.15) is 5.56 Å². The summed E-state index contributed by atoms with van der Waals surface area (Å²) in [6, 6.07) is 7.82. The van der Waals surface area contributed by atoms with Gasteiger partial charge < -0.3 is 10.1 Å². The maximum atomic E-state index is 12.3. The lowest BCUT2D eigenvalue weighted by atomic mass is 10.1. The molecule has 1 aromatic heterocycles. The largest absolute Gasteiger partial charge is 0.493 e. The van der Waals surface area contributed by atoms with Gasteiger partial charge in [0.2, 0.25) is 11.7 Å². The minimum absolute atomic E-state index is 0.288. The molecular formula is C11H7F3N2O2. The quantitative estimate of drug-likeness (QED) is 0.821. The molecule has 94 valence electrons. The van der Waals surface area contributed by atoms with Gasteiger partial charge in [-0.15, -0.1) is 0 Å². The van der Waals surface area contributed by atoms with Crippen LogP contribution in [0.15, 0.2) is 35.1 Å². The molecule has 0 radical (unpaired) electrons. The Labute approximate surface area is 98.7 Å². The van der Waals surface area contributed by atoms with Crippen LogP contribution in [0.2, 0.25) is 0 Å². The number of hydrogen-bond acceptors (Lipinski definition) is 3. The highest BCUT2D eigenvalue weighted by Crippen LogP contribution is 2.29. The number of aromatic amines is 1. The number of aromatic hydroxyl groups is 1. The Morgan fingerprint density at radius 1 is 1.17 bits per heavy atom. The number of rotatable bonds is 1. The van der Waals surface area contributed by atoms with Crippen molar-refractivity contribution in [3.8, 4) is 17.0 Å². The molecule has 0 atom stereocenters. The van der Waals surface area contributed by atoms with Gasteiger partial charge in [-0.1, -0.05) is 30.3 Å². The van der Waals surface area contributed by atoms with E-state index in [0.29, 0.717) is 0 Å². The average Bonchev–Trinajstić information content (AvgIpc) is 2.28. The van der Waals surface area contributed by atoms with Crippen LogP contribution in [0.3, 0.4) is 0 Å². The third-order valence-electron chi connectivity index (χ3n) is 2.23. The van der Waals surface area contributed by atoms with Crippen LogP contribution in [-0.4, -0.2) is 15.1 Å². The van der Waals surface area contributed by atoms with Gasteiger partial charge >= 0.3 is 6.18 Å². The summed E-state index contributed by atoms with van der Waals surface area (Å²) in [5.41, 5.74) is -1.04. The van der Waals surface area contributed by atoms with Crippen molar-refractivity contribution in [2.24, 2.45) is 0 Å². The van der Waals surface area contributed by atoms with Gasteiger partial charge in [-0.2, -0.15) is 18.2 Å². The first-order valence-electron chi connectivity index (χ1n) is 4.85. The summed E-state index contributed by atoms with van der Waals surface area (Å²) in [6.07, 6.45) is -4.81. The molecule has 0 unspecified atom stereocenters. The zero-order valence-corrected chi connectivity index (χ0v) is 8.82. The summed E-state index contributed by atoms with van der Waals surface area (Å²) in [4.78, 5) is 16.1. The topological polar surface area (TPSA) is 66.0 Å². The van der Waals surface area contributed by atoms with Gasteiger partial charge in [0.15, 0.2) is 0 Å². The number of alkyl halides is 3. The molecule has 1 aromatic carbocycles. The highest BCUT2D eigenvalue weighted by Gasteiger charge is 2.35. The average molecular weight is 256 g/mol. The van der Waals surface area contributed by atoms with Crippen molar-refractivity contribution in [2.45, 2.75) is 6.18 Å². The zero-order valence-electron chi connectivity index (χ0n) is 8.82. The Kier molecular flexibility index (Phi) is 2.82. The minimum atomic E-state index is -4.81. The maximum absolute atomic E-state index is 12.3. The number of hydrogen-bond donors (Lipinski definition) is 2. The summed E-state index contributed by atoms with van der Waals surface area (Å²) >= 11 is 0. The molecule has 0 amide bonds. The Balaban J connectivity index is 2.63. The van der Waals surface area contributed by atoms with Crippen molar-refractivity contribution in [2.75, 3.05) is 0 Å². The molecule has 2 N–H and O–H groups in total. The van der Waals surface area contributed by atoms with Crippen molar-refractivity contribution < 1.29 is 18.3 Å². The van der Waals surface area contributed by atoms with Crippen LogP contribution in [0, 0.1) is 0 Å². The third-order valence-corrected chi connectivity index (χ3v) is 2.23. The van der Waals surface area contributed by atoms with Gasteiger partial charge in [0.05, 0.1) is 0 Å². The van der Waals surface area contributed by atoms with Crippen molar-refractivity contribution in [3.05, 3.63) is 46.5 Å². The van der Waals surface area contributed by atoms with E-state index in [9.17, 15) is 23.1 Å². The molecule has 2 rings (SSSR count). The smallest absolute Gasteiger partial charge is 0.449 e. The lowest BCUT2D eigenvalue weighted by Gasteiger charge is -2.08.